The quantitative estimate of drug-likeness (QED) is 0.784. The molecule has 0 aliphatic rings. The van der Waals surface area contributed by atoms with Gasteiger partial charge < -0.3 is 14.5 Å². The number of nitrogens with one attached hydrogen (secondary N) is 1. The molecule has 0 aliphatic carbocycles. The summed E-state index contributed by atoms with van der Waals surface area (Å²) in [5.41, 5.74) is -2.27. The van der Waals surface area contributed by atoms with Crippen molar-refractivity contribution in [1.29, 1.82) is 0 Å². The number of carbonyl (C=O) groups excluding carboxylic acids is 2. The Hall–Kier alpha value is -2.02. The average Bonchev–Trinajstić information content (AvgIpc) is 2.21. The molecule has 1 aromatic rings. The van der Waals surface area contributed by atoms with Crippen LogP contribution in [0.3, 0.4) is 0 Å². The van der Waals surface area contributed by atoms with Crippen LogP contribution in [0.15, 0.2) is 16.9 Å². The van der Waals surface area contributed by atoms with Gasteiger partial charge in [-0.3, -0.25) is 4.79 Å². The minimum atomic E-state index is -0.964. The first-order valence-electron chi connectivity index (χ1n) is 6.94. The Morgan fingerprint density at radius 3 is 1.78 bits per heavy atom. The average molecular weight is 345 g/mol. The van der Waals surface area contributed by atoms with E-state index in [1.54, 1.807) is 41.5 Å². The fourth-order valence-electron chi connectivity index (χ4n) is 1.53. The molecule has 1 heterocycles. The van der Waals surface area contributed by atoms with Gasteiger partial charge in [-0.1, -0.05) is 11.6 Å². The molecule has 0 spiro atoms. The van der Waals surface area contributed by atoms with E-state index in [4.69, 9.17) is 21.1 Å². The first-order chi connectivity index (χ1) is 10.3. The van der Waals surface area contributed by atoms with Crippen LogP contribution in [0, 0.1) is 0 Å². The number of aromatic nitrogens is 1. The van der Waals surface area contributed by atoms with Gasteiger partial charge in [0.15, 0.2) is 0 Å². The second kappa shape index (κ2) is 6.62. The smallest absolute Gasteiger partial charge is 0.424 e. The van der Waals surface area contributed by atoms with Crippen LogP contribution in [0.25, 0.3) is 0 Å². The second-order valence-electron chi connectivity index (χ2n) is 6.85. The van der Waals surface area contributed by atoms with Gasteiger partial charge in [0, 0.05) is 6.07 Å². The summed E-state index contributed by atoms with van der Waals surface area (Å²) in [4.78, 5) is 39.2. The zero-order valence-corrected chi connectivity index (χ0v) is 14.8. The summed E-state index contributed by atoms with van der Waals surface area (Å²) >= 11 is 5.78. The maximum Gasteiger partial charge on any atom is 0.424 e. The third kappa shape index (κ3) is 6.32. The van der Waals surface area contributed by atoms with E-state index in [0.29, 0.717) is 4.90 Å². The van der Waals surface area contributed by atoms with Gasteiger partial charge >= 0.3 is 12.2 Å². The van der Waals surface area contributed by atoms with Crippen LogP contribution in [-0.2, 0) is 9.47 Å². The summed E-state index contributed by atoms with van der Waals surface area (Å²) in [6, 6.07) is 2.32. The van der Waals surface area contributed by atoms with Crippen molar-refractivity contribution in [3.63, 3.8) is 0 Å². The lowest BCUT2D eigenvalue weighted by atomic mass is 10.2. The van der Waals surface area contributed by atoms with Crippen molar-refractivity contribution in [3.8, 4) is 0 Å². The van der Waals surface area contributed by atoms with E-state index < -0.39 is 28.9 Å². The SMILES string of the molecule is CC(C)(C)OC(=O)N(C(=O)OC(C)(C)C)c1cc(Cl)[nH]c(=O)c1. The van der Waals surface area contributed by atoms with E-state index in [1.807, 2.05) is 0 Å². The van der Waals surface area contributed by atoms with Crippen LogP contribution in [0.4, 0.5) is 15.3 Å². The molecule has 0 saturated heterocycles. The number of H-pyrrole nitrogens is 1. The number of aromatic amines is 1. The van der Waals surface area contributed by atoms with E-state index in [-0.39, 0.29) is 10.8 Å². The minimum Gasteiger partial charge on any atom is -0.443 e. The summed E-state index contributed by atoms with van der Waals surface area (Å²) in [6.07, 6.45) is -1.93. The normalized spacial score (nSPS) is 11.8. The Balaban J connectivity index is 3.28. The zero-order valence-electron chi connectivity index (χ0n) is 14.0. The van der Waals surface area contributed by atoms with Gasteiger partial charge in [-0.05, 0) is 47.6 Å². The second-order valence-corrected chi connectivity index (χ2v) is 7.25. The van der Waals surface area contributed by atoms with E-state index >= 15 is 0 Å². The molecule has 0 unspecified atom stereocenters. The molecular formula is C15H21ClN2O5. The number of carbonyl (C=O) groups is 2. The topological polar surface area (TPSA) is 88.7 Å². The fraction of sp³-hybridized carbons (Fsp3) is 0.533. The molecule has 8 heteroatoms. The van der Waals surface area contributed by atoms with Crippen LogP contribution < -0.4 is 10.5 Å². The maximum atomic E-state index is 12.4. The molecule has 7 nitrogen and oxygen atoms in total. The highest BCUT2D eigenvalue weighted by Crippen LogP contribution is 2.22. The predicted molar refractivity (Wildman–Crippen MR) is 87.0 cm³/mol. The highest BCUT2D eigenvalue weighted by Gasteiger charge is 2.33. The van der Waals surface area contributed by atoms with Crippen LogP contribution in [-0.4, -0.2) is 28.4 Å². The highest BCUT2D eigenvalue weighted by atomic mass is 35.5. The van der Waals surface area contributed by atoms with Crippen molar-refractivity contribution in [2.75, 3.05) is 4.90 Å². The molecule has 1 rings (SSSR count). The molecule has 0 aliphatic heterocycles. The van der Waals surface area contributed by atoms with Crippen molar-refractivity contribution in [2.24, 2.45) is 0 Å². The van der Waals surface area contributed by atoms with Gasteiger partial charge in [-0.25, -0.2) is 9.59 Å². The number of amides is 2. The number of halogens is 1. The lowest BCUT2D eigenvalue weighted by molar-refractivity contribution is 0.0431. The molecule has 0 saturated carbocycles. The van der Waals surface area contributed by atoms with Gasteiger partial charge in [-0.2, -0.15) is 4.90 Å². The van der Waals surface area contributed by atoms with Crippen LogP contribution >= 0.6 is 11.6 Å². The first kappa shape index (κ1) is 19.0. The molecule has 0 radical (unpaired) electrons. The Kier molecular flexibility index (Phi) is 5.47. The third-order valence-electron chi connectivity index (χ3n) is 2.21. The lowest BCUT2D eigenvalue weighted by Crippen LogP contribution is -2.44. The molecule has 0 bridgehead atoms. The van der Waals surface area contributed by atoms with Gasteiger partial charge in [-0.15, -0.1) is 0 Å². The van der Waals surface area contributed by atoms with E-state index in [1.165, 1.54) is 6.07 Å². The van der Waals surface area contributed by atoms with Crippen molar-refractivity contribution >= 4 is 29.5 Å². The Bertz CT molecular complexity index is 627. The fourth-order valence-corrected chi connectivity index (χ4v) is 1.73. The number of imide groups is 1. The maximum absolute atomic E-state index is 12.4. The summed E-state index contributed by atoms with van der Waals surface area (Å²) in [7, 11) is 0. The minimum absolute atomic E-state index is 0.0235. The van der Waals surface area contributed by atoms with Gasteiger partial charge in [0.05, 0.1) is 5.69 Å². The lowest BCUT2D eigenvalue weighted by Gasteiger charge is -2.28. The summed E-state index contributed by atoms with van der Waals surface area (Å²) in [5.74, 6) is 0. The monoisotopic (exact) mass is 344 g/mol. The molecule has 2 amide bonds. The Labute approximate surface area is 139 Å². The van der Waals surface area contributed by atoms with E-state index in [0.717, 1.165) is 6.07 Å². The van der Waals surface area contributed by atoms with Crippen molar-refractivity contribution in [3.05, 3.63) is 27.6 Å². The van der Waals surface area contributed by atoms with Crippen LogP contribution in [0.5, 0.6) is 0 Å². The number of nitrogens with zero attached hydrogens (tertiary/aromatic N) is 1. The van der Waals surface area contributed by atoms with Crippen molar-refractivity contribution < 1.29 is 19.1 Å². The Morgan fingerprint density at radius 2 is 1.43 bits per heavy atom. The molecule has 23 heavy (non-hydrogen) atoms. The van der Waals surface area contributed by atoms with Crippen LogP contribution in [0.1, 0.15) is 41.5 Å². The van der Waals surface area contributed by atoms with Crippen molar-refractivity contribution in [1.82, 2.24) is 4.98 Å². The number of rotatable bonds is 1. The van der Waals surface area contributed by atoms with Gasteiger partial charge in [0.2, 0.25) is 0 Å². The third-order valence-corrected chi connectivity index (χ3v) is 2.41. The van der Waals surface area contributed by atoms with Crippen LogP contribution in [0.2, 0.25) is 5.15 Å². The molecule has 1 aromatic heterocycles. The predicted octanol–water partition coefficient (Wildman–Crippen LogP) is 3.70. The Morgan fingerprint density at radius 1 is 1.00 bits per heavy atom. The number of pyridine rings is 1. The molecule has 1 N–H and O–H groups in total. The molecule has 128 valence electrons. The molecular weight excluding hydrogens is 324 g/mol. The largest absolute Gasteiger partial charge is 0.443 e. The highest BCUT2D eigenvalue weighted by molar-refractivity contribution is 6.29. The van der Waals surface area contributed by atoms with E-state index in [9.17, 15) is 14.4 Å². The van der Waals surface area contributed by atoms with Gasteiger partial charge in [0.1, 0.15) is 16.4 Å². The summed E-state index contributed by atoms with van der Waals surface area (Å²) in [6.45, 7) is 9.93. The summed E-state index contributed by atoms with van der Waals surface area (Å²) in [5, 5.41) is -0.0235. The molecule has 0 fully saturated rings. The van der Waals surface area contributed by atoms with Crippen molar-refractivity contribution in [2.45, 2.75) is 52.7 Å². The number of ether oxygens (including phenoxy) is 2. The molecule has 0 atom stereocenters. The summed E-state index contributed by atoms with van der Waals surface area (Å²) < 4.78 is 10.4. The number of anilines is 1. The van der Waals surface area contributed by atoms with Gasteiger partial charge in [0.25, 0.3) is 5.56 Å². The first-order valence-corrected chi connectivity index (χ1v) is 7.32. The number of hydrogen-bond donors (Lipinski definition) is 1. The molecule has 0 aromatic carbocycles. The zero-order chi connectivity index (χ0) is 18.0. The standard InChI is InChI=1S/C15H21ClN2O5/c1-14(2,3)22-12(20)18(13(21)23-15(4,5)6)9-7-10(16)17-11(19)8-9/h7-8H,1-6H3,(H,17,19). The van der Waals surface area contributed by atoms with E-state index in [2.05, 4.69) is 4.98 Å². The number of hydrogen-bond acceptors (Lipinski definition) is 5.